The molecule has 16 heavy (non-hydrogen) atoms. The van der Waals surface area contributed by atoms with E-state index < -0.39 is 23.2 Å². The van der Waals surface area contributed by atoms with Crippen LogP contribution >= 0.6 is 11.8 Å². The summed E-state index contributed by atoms with van der Waals surface area (Å²) >= 11 is 1.37. The molecule has 0 nitrogen and oxygen atoms in total. The van der Waals surface area contributed by atoms with Crippen molar-refractivity contribution in [3.05, 3.63) is 59.7 Å². The molecule has 0 atom stereocenters. The second kappa shape index (κ2) is 4.89. The van der Waals surface area contributed by atoms with Gasteiger partial charge in [-0.3, -0.25) is 0 Å². The molecule has 0 saturated carbocycles. The molecular weight excluding hydrogens is 409 g/mol. The maximum atomic E-state index is 2.34. The first-order valence-corrected chi connectivity index (χ1v) is 10.0. The van der Waals surface area contributed by atoms with E-state index in [9.17, 15) is 0 Å². The molecule has 2 aromatic rings. The van der Waals surface area contributed by atoms with Gasteiger partial charge in [-0.25, -0.2) is 0 Å². The molecule has 0 saturated heterocycles. The Morgan fingerprint density at radius 2 is 1.25 bits per heavy atom. The van der Waals surface area contributed by atoms with Gasteiger partial charge < -0.3 is 0 Å². The average molecular weight is 421 g/mol. The van der Waals surface area contributed by atoms with E-state index in [1.165, 1.54) is 11.5 Å². The molecule has 0 spiro atoms. The van der Waals surface area contributed by atoms with Crippen molar-refractivity contribution in [1.82, 2.24) is 0 Å². The zero-order valence-corrected chi connectivity index (χ0v) is 13.2. The van der Waals surface area contributed by atoms with Gasteiger partial charge >= 0.3 is 113 Å². The van der Waals surface area contributed by atoms with Gasteiger partial charge in [-0.2, -0.15) is 0 Å². The molecule has 1 aliphatic heterocycles. The van der Waals surface area contributed by atoms with Gasteiger partial charge in [-0.1, -0.05) is 0 Å². The third-order valence-electron chi connectivity index (χ3n) is 2.74. The third-order valence-corrected chi connectivity index (χ3v) is 9.03. The first-order valence-electron chi connectivity index (χ1n) is 5.39. The van der Waals surface area contributed by atoms with Gasteiger partial charge in [0.1, 0.15) is 0 Å². The molecule has 0 aromatic heterocycles. The molecule has 0 fully saturated rings. The van der Waals surface area contributed by atoms with Crippen LogP contribution in [0.5, 0.6) is 0 Å². The third kappa shape index (κ3) is 2.19. The summed E-state index contributed by atoms with van der Waals surface area (Å²) in [6.45, 7) is 0. The number of fused-ring (bicyclic) bond motifs is 2. The zero-order chi connectivity index (χ0) is 10.8. The minimum atomic E-state index is -0.672. The topological polar surface area (TPSA) is 0 Å². The molecule has 1 aliphatic rings. The van der Waals surface area contributed by atoms with Gasteiger partial charge in [0.05, 0.1) is 0 Å². The molecule has 0 aliphatic carbocycles. The van der Waals surface area contributed by atoms with Gasteiger partial charge in [0.25, 0.3) is 0 Å². The van der Waals surface area contributed by atoms with Gasteiger partial charge in [0.2, 0.25) is 0 Å². The summed E-state index contributed by atoms with van der Waals surface area (Å²) in [4.78, 5) is 0. The van der Waals surface area contributed by atoms with Gasteiger partial charge in [0.15, 0.2) is 0 Å². The van der Waals surface area contributed by atoms with E-state index in [0.717, 1.165) is 0 Å². The zero-order valence-electron chi connectivity index (χ0n) is 8.89. The van der Waals surface area contributed by atoms with Crippen molar-refractivity contribution in [3.8, 4) is 0 Å². The molecular formula is C14H12BiS+. The Labute approximate surface area is 112 Å². The summed E-state index contributed by atoms with van der Waals surface area (Å²) in [6, 6.07) is 18.0. The molecule has 0 bridgehead atoms. The van der Waals surface area contributed by atoms with Crippen LogP contribution in [0.25, 0.3) is 0 Å². The molecule has 2 heteroatoms. The summed E-state index contributed by atoms with van der Waals surface area (Å²) in [5.41, 5.74) is 3.16. The van der Waals surface area contributed by atoms with Crippen LogP contribution in [-0.2, 0) is 11.5 Å². The quantitative estimate of drug-likeness (QED) is 0.588. The fourth-order valence-electron chi connectivity index (χ4n) is 1.88. The molecule has 2 aromatic carbocycles. The SMILES string of the molecule is c1cc[c]2c(c1)CSCc1cccc[c]1[Bi+]2. The minimum absolute atomic E-state index is 0.672. The van der Waals surface area contributed by atoms with Crippen LogP contribution in [0.2, 0.25) is 0 Å². The van der Waals surface area contributed by atoms with Gasteiger partial charge in [0, 0.05) is 0 Å². The van der Waals surface area contributed by atoms with Crippen LogP contribution in [0.4, 0.5) is 0 Å². The van der Waals surface area contributed by atoms with Crippen molar-refractivity contribution in [1.29, 1.82) is 0 Å². The van der Waals surface area contributed by atoms with E-state index in [4.69, 9.17) is 0 Å². The summed E-state index contributed by atoms with van der Waals surface area (Å²) in [5.74, 6) is 2.38. The first-order chi connectivity index (χ1) is 7.93. The Morgan fingerprint density at radius 1 is 0.750 bits per heavy atom. The number of thioether (sulfide) groups is 1. The first kappa shape index (κ1) is 10.8. The summed E-state index contributed by atoms with van der Waals surface area (Å²) in [6.07, 6.45) is 0. The predicted octanol–water partition coefficient (Wildman–Crippen LogP) is 2.09. The van der Waals surface area contributed by atoms with Gasteiger partial charge in [-0.15, -0.1) is 0 Å². The number of rotatable bonds is 0. The molecule has 2 radical (unpaired) electrons. The second-order valence-corrected chi connectivity index (χ2v) is 9.46. The van der Waals surface area contributed by atoms with Crippen LogP contribution in [0.15, 0.2) is 48.5 Å². The van der Waals surface area contributed by atoms with Crippen LogP contribution < -0.4 is 6.54 Å². The van der Waals surface area contributed by atoms with Crippen molar-refractivity contribution >= 4 is 41.5 Å². The van der Waals surface area contributed by atoms with Crippen LogP contribution in [0.1, 0.15) is 11.1 Å². The summed E-state index contributed by atoms with van der Waals surface area (Å²) in [5, 5.41) is 0. The Hall–Kier alpha value is -0.327. The van der Waals surface area contributed by atoms with Crippen LogP contribution in [0, 0.1) is 0 Å². The van der Waals surface area contributed by atoms with E-state index >= 15 is 0 Å². The number of hydrogen-bond acceptors (Lipinski definition) is 1. The molecule has 0 unspecified atom stereocenters. The Balaban J connectivity index is 2.06. The van der Waals surface area contributed by atoms with Crippen molar-refractivity contribution in [2.45, 2.75) is 11.5 Å². The molecule has 1 heterocycles. The van der Waals surface area contributed by atoms with Crippen LogP contribution in [-0.4, -0.2) is 23.2 Å². The van der Waals surface area contributed by atoms with Crippen molar-refractivity contribution in [2.75, 3.05) is 0 Å². The second-order valence-electron chi connectivity index (χ2n) is 3.86. The fraction of sp³-hybridized carbons (Fsp3) is 0.143. The van der Waals surface area contributed by atoms with Crippen LogP contribution in [0.3, 0.4) is 0 Å². The van der Waals surface area contributed by atoms with Gasteiger partial charge in [-0.05, 0) is 0 Å². The summed E-state index contributed by atoms with van der Waals surface area (Å²) < 4.78 is 3.34. The monoisotopic (exact) mass is 421 g/mol. The number of benzene rings is 2. The average Bonchev–Trinajstić information content (AvgIpc) is 2.29. The van der Waals surface area contributed by atoms with Crippen molar-refractivity contribution < 1.29 is 0 Å². The van der Waals surface area contributed by atoms with E-state index in [1.54, 1.807) is 17.7 Å². The van der Waals surface area contributed by atoms with E-state index in [2.05, 4.69) is 48.5 Å². The molecule has 3 rings (SSSR count). The van der Waals surface area contributed by atoms with E-state index in [-0.39, 0.29) is 0 Å². The fourth-order valence-corrected chi connectivity index (χ4v) is 8.37. The molecule has 78 valence electrons. The Kier molecular flexibility index (Phi) is 3.31. The molecule has 0 N–H and O–H groups in total. The normalized spacial score (nSPS) is 14.5. The molecule has 0 amide bonds. The van der Waals surface area contributed by atoms with E-state index in [0.29, 0.717) is 0 Å². The number of hydrogen-bond donors (Lipinski definition) is 0. The maximum absolute atomic E-state index is 2.34. The summed E-state index contributed by atoms with van der Waals surface area (Å²) in [7, 11) is 0. The van der Waals surface area contributed by atoms with Crippen molar-refractivity contribution in [3.63, 3.8) is 0 Å². The van der Waals surface area contributed by atoms with E-state index in [1.807, 2.05) is 11.8 Å². The Morgan fingerprint density at radius 3 is 1.81 bits per heavy atom. The Bertz CT molecular complexity index is 462. The predicted molar refractivity (Wildman–Crippen MR) is 72.9 cm³/mol. The van der Waals surface area contributed by atoms with Crippen molar-refractivity contribution in [2.24, 2.45) is 0 Å². The standard InChI is InChI=1S/C14H12S.Bi/c1-3-7-13(8-4-1)11-15-12-14-9-5-2-6-10-14;/h1-7,9H,11-12H2;/q;+1.